The molecule has 2 aromatic carbocycles. The van der Waals surface area contributed by atoms with E-state index in [0.717, 1.165) is 0 Å². The molecule has 0 fully saturated rings. The minimum atomic E-state index is -1.16. The summed E-state index contributed by atoms with van der Waals surface area (Å²) in [6.07, 6.45) is -0.775. The number of carbonyl (C=O) groups is 2. The molecule has 3 rings (SSSR count). The molecule has 1 aromatic heterocycles. The average molecular weight is 378 g/mol. The number of pyridine rings is 1. The van der Waals surface area contributed by atoms with Crippen molar-refractivity contribution in [2.24, 2.45) is 0 Å². The molecule has 7 heteroatoms. The van der Waals surface area contributed by atoms with E-state index in [9.17, 15) is 24.3 Å². The molecule has 0 amide bonds. The number of para-hydroxylation sites is 1. The van der Waals surface area contributed by atoms with Crippen molar-refractivity contribution in [3.05, 3.63) is 59.0 Å². The number of aliphatic carboxylic acids is 1. The van der Waals surface area contributed by atoms with E-state index in [1.165, 1.54) is 6.07 Å². The lowest BCUT2D eigenvalue weighted by atomic mass is 9.96. The molecule has 0 aliphatic rings. The maximum absolute atomic E-state index is 13.6. The van der Waals surface area contributed by atoms with Crippen molar-refractivity contribution in [1.29, 1.82) is 5.26 Å². The van der Waals surface area contributed by atoms with E-state index in [4.69, 9.17) is 5.11 Å². The van der Waals surface area contributed by atoms with Crippen molar-refractivity contribution in [2.45, 2.75) is 19.8 Å². The van der Waals surface area contributed by atoms with Crippen LogP contribution in [0, 0.1) is 24.1 Å². The van der Waals surface area contributed by atoms with Gasteiger partial charge in [-0.15, -0.1) is 0 Å². The van der Waals surface area contributed by atoms with Crippen molar-refractivity contribution in [2.75, 3.05) is 0 Å². The zero-order valence-corrected chi connectivity index (χ0v) is 14.9. The number of halogens is 1. The molecule has 28 heavy (non-hydrogen) atoms. The summed E-state index contributed by atoms with van der Waals surface area (Å²) >= 11 is 0. The number of carbonyl (C=O) groups excluding carboxylic acids is 1. The van der Waals surface area contributed by atoms with Crippen LogP contribution in [0.2, 0.25) is 0 Å². The number of rotatable bonds is 5. The first-order chi connectivity index (χ1) is 13.3. The third-order valence-corrected chi connectivity index (χ3v) is 4.40. The first-order valence-corrected chi connectivity index (χ1v) is 8.40. The van der Waals surface area contributed by atoms with E-state index < -0.39 is 23.9 Å². The number of hydrogen-bond acceptors (Lipinski definition) is 5. The minimum Gasteiger partial charge on any atom is -0.504 e. The molecule has 1 heterocycles. The summed E-state index contributed by atoms with van der Waals surface area (Å²) < 4.78 is 13.6. The molecule has 3 aromatic rings. The van der Waals surface area contributed by atoms with Crippen molar-refractivity contribution >= 4 is 22.7 Å². The summed E-state index contributed by atoms with van der Waals surface area (Å²) in [5.41, 5.74) is 1.44. The van der Waals surface area contributed by atoms with Gasteiger partial charge in [-0.1, -0.05) is 24.3 Å². The van der Waals surface area contributed by atoms with Gasteiger partial charge in [-0.05, 0) is 30.2 Å². The molecule has 0 bridgehead atoms. The lowest BCUT2D eigenvalue weighted by Gasteiger charge is -2.12. The Balaban J connectivity index is 2.26. The van der Waals surface area contributed by atoms with Crippen LogP contribution >= 0.6 is 0 Å². The van der Waals surface area contributed by atoms with E-state index in [-0.39, 0.29) is 23.5 Å². The molecule has 2 N–H and O–H groups in total. The standard InChI is InChI=1S/C21H15FN2O4/c1-11-9-12(5-6-16(11)22)13-3-2-4-14-15(10-23)21(28)20(24-19(13)14)17(25)7-8-18(26)27/h2-6,9,28H,7-8H2,1H3,(H,26,27). The van der Waals surface area contributed by atoms with Crippen molar-refractivity contribution < 1.29 is 24.2 Å². The summed E-state index contributed by atoms with van der Waals surface area (Å²) in [6, 6.07) is 11.3. The fraction of sp³-hybridized carbons (Fsp3) is 0.143. The molecule has 0 atom stereocenters. The average Bonchev–Trinajstić information content (AvgIpc) is 2.67. The normalized spacial score (nSPS) is 10.6. The van der Waals surface area contributed by atoms with Crippen LogP contribution < -0.4 is 0 Å². The number of hydrogen-bond donors (Lipinski definition) is 2. The molecule has 140 valence electrons. The quantitative estimate of drug-likeness (QED) is 0.650. The highest BCUT2D eigenvalue weighted by Gasteiger charge is 2.22. The Hall–Kier alpha value is -3.79. The second-order valence-electron chi connectivity index (χ2n) is 6.28. The van der Waals surface area contributed by atoms with E-state index in [2.05, 4.69) is 4.98 Å². The molecular formula is C21H15FN2O4. The van der Waals surface area contributed by atoms with Crippen LogP contribution in [0.5, 0.6) is 5.75 Å². The number of Topliss-reactive ketones (excluding diaryl/α,β-unsaturated/α-hetero) is 1. The second-order valence-corrected chi connectivity index (χ2v) is 6.28. The Labute approximate surface area is 159 Å². The number of fused-ring (bicyclic) bond motifs is 1. The van der Waals surface area contributed by atoms with Crippen LogP contribution in [0.25, 0.3) is 22.0 Å². The number of nitrogens with zero attached hydrogens (tertiary/aromatic N) is 2. The zero-order chi connectivity index (χ0) is 20.4. The van der Waals surface area contributed by atoms with Gasteiger partial charge < -0.3 is 10.2 Å². The maximum atomic E-state index is 13.6. The van der Waals surface area contributed by atoms with Gasteiger partial charge in [0.05, 0.1) is 11.9 Å². The van der Waals surface area contributed by atoms with E-state index in [1.54, 1.807) is 37.3 Å². The summed E-state index contributed by atoms with van der Waals surface area (Å²) in [6.45, 7) is 1.62. The van der Waals surface area contributed by atoms with Crippen molar-refractivity contribution in [3.8, 4) is 22.9 Å². The number of aromatic nitrogens is 1. The van der Waals surface area contributed by atoms with Crippen LogP contribution in [0.3, 0.4) is 0 Å². The van der Waals surface area contributed by atoms with Gasteiger partial charge in [0.2, 0.25) is 0 Å². The number of aromatic hydroxyl groups is 1. The predicted octanol–water partition coefficient (Wildman–Crippen LogP) is 3.97. The van der Waals surface area contributed by atoms with Gasteiger partial charge >= 0.3 is 5.97 Å². The minimum absolute atomic E-state index is 0.121. The zero-order valence-electron chi connectivity index (χ0n) is 14.9. The summed E-state index contributed by atoms with van der Waals surface area (Å²) in [5.74, 6) is -2.77. The predicted molar refractivity (Wildman–Crippen MR) is 99.5 cm³/mol. The van der Waals surface area contributed by atoms with Crippen LogP contribution in [-0.4, -0.2) is 26.9 Å². The maximum Gasteiger partial charge on any atom is 0.303 e. The Kier molecular flexibility index (Phi) is 5.05. The Morgan fingerprint density at radius 2 is 1.96 bits per heavy atom. The highest BCUT2D eigenvalue weighted by molar-refractivity contribution is 6.05. The molecule has 0 saturated heterocycles. The van der Waals surface area contributed by atoms with Gasteiger partial charge in [0.25, 0.3) is 0 Å². The monoisotopic (exact) mass is 378 g/mol. The van der Waals surface area contributed by atoms with Crippen molar-refractivity contribution in [1.82, 2.24) is 4.98 Å². The lowest BCUT2D eigenvalue weighted by Crippen LogP contribution is -2.08. The van der Waals surface area contributed by atoms with Gasteiger partial charge in [0, 0.05) is 17.4 Å². The smallest absolute Gasteiger partial charge is 0.303 e. The van der Waals surface area contributed by atoms with Crippen LogP contribution in [0.1, 0.15) is 34.5 Å². The number of benzene rings is 2. The first kappa shape index (κ1) is 19.0. The van der Waals surface area contributed by atoms with E-state index in [0.29, 0.717) is 27.6 Å². The molecule has 0 radical (unpaired) electrons. The number of ketones is 1. The summed E-state index contributed by atoms with van der Waals surface area (Å²) in [4.78, 5) is 27.4. The van der Waals surface area contributed by atoms with Gasteiger partial charge in [0.15, 0.2) is 11.5 Å². The van der Waals surface area contributed by atoms with Crippen LogP contribution in [0.4, 0.5) is 4.39 Å². The molecule has 0 unspecified atom stereocenters. The molecule has 0 spiro atoms. The largest absolute Gasteiger partial charge is 0.504 e. The third-order valence-electron chi connectivity index (χ3n) is 4.40. The SMILES string of the molecule is Cc1cc(-c2cccc3c(C#N)c(O)c(C(=O)CCC(=O)O)nc23)ccc1F. The number of carboxylic acids is 1. The van der Waals surface area contributed by atoms with Gasteiger partial charge in [0.1, 0.15) is 23.1 Å². The lowest BCUT2D eigenvalue weighted by molar-refractivity contribution is -0.136. The fourth-order valence-electron chi connectivity index (χ4n) is 2.97. The molecule has 6 nitrogen and oxygen atoms in total. The van der Waals surface area contributed by atoms with E-state index in [1.807, 2.05) is 6.07 Å². The van der Waals surface area contributed by atoms with Gasteiger partial charge in [-0.2, -0.15) is 5.26 Å². The number of nitriles is 1. The summed E-state index contributed by atoms with van der Waals surface area (Å²) in [7, 11) is 0. The third kappa shape index (κ3) is 3.40. The highest BCUT2D eigenvalue weighted by atomic mass is 19.1. The highest BCUT2D eigenvalue weighted by Crippen LogP contribution is 2.35. The molecule has 0 aliphatic heterocycles. The Morgan fingerprint density at radius 3 is 2.61 bits per heavy atom. The Bertz CT molecular complexity index is 1170. The molecule has 0 aliphatic carbocycles. The summed E-state index contributed by atoms with van der Waals surface area (Å²) in [5, 5.41) is 29.0. The number of carboxylic acid groups (broad SMARTS) is 1. The van der Waals surface area contributed by atoms with E-state index >= 15 is 0 Å². The first-order valence-electron chi connectivity index (χ1n) is 8.40. The van der Waals surface area contributed by atoms with Crippen LogP contribution in [-0.2, 0) is 4.79 Å². The molecule has 0 saturated carbocycles. The van der Waals surface area contributed by atoms with Crippen LogP contribution in [0.15, 0.2) is 36.4 Å². The topological polar surface area (TPSA) is 111 Å². The Morgan fingerprint density at radius 1 is 1.21 bits per heavy atom. The second kappa shape index (κ2) is 7.45. The van der Waals surface area contributed by atoms with Crippen molar-refractivity contribution in [3.63, 3.8) is 0 Å². The molecular weight excluding hydrogens is 363 g/mol. The van der Waals surface area contributed by atoms with Gasteiger partial charge in [-0.3, -0.25) is 9.59 Å². The number of aryl methyl sites for hydroxylation is 1. The fourth-order valence-corrected chi connectivity index (χ4v) is 2.97. The van der Waals surface area contributed by atoms with Gasteiger partial charge in [-0.25, -0.2) is 9.37 Å².